The number of fused-ring (bicyclic) bond motifs is 2. The predicted octanol–water partition coefficient (Wildman–Crippen LogP) is 5.23. The van der Waals surface area contributed by atoms with Crippen molar-refractivity contribution in [3.63, 3.8) is 0 Å². The Morgan fingerprint density at radius 1 is 1.19 bits per heavy atom. The van der Waals surface area contributed by atoms with Gasteiger partial charge in [0.05, 0.1) is 17.4 Å². The maximum Gasteiger partial charge on any atom is 0.410 e. The van der Waals surface area contributed by atoms with Gasteiger partial charge in [0.15, 0.2) is 0 Å². The van der Waals surface area contributed by atoms with Gasteiger partial charge in [-0.1, -0.05) is 12.8 Å². The van der Waals surface area contributed by atoms with Gasteiger partial charge in [0, 0.05) is 29.9 Å². The summed E-state index contributed by atoms with van der Waals surface area (Å²) in [5.74, 6) is 0.307. The van der Waals surface area contributed by atoms with Crippen LogP contribution >= 0.6 is 0 Å². The van der Waals surface area contributed by atoms with Crippen molar-refractivity contribution in [2.75, 3.05) is 6.54 Å². The third-order valence-corrected chi connectivity index (χ3v) is 7.49. The number of benzene rings is 1. The first-order valence-electron chi connectivity index (χ1n) is 12.6. The molecule has 36 heavy (non-hydrogen) atoms. The fourth-order valence-corrected chi connectivity index (χ4v) is 5.83. The summed E-state index contributed by atoms with van der Waals surface area (Å²) in [7, 11) is 0. The zero-order valence-corrected chi connectivity index (χ0v) is 21.8. The topological polar surface area (TPSA) is 85.2 Å². The molecule has 0 radical (unpaired) electrons. The summed E-state index contributed by atoms with van der Waals surface area (Å²) in [6.45, 7) is 11.5. The molecule has 2 aliphatic rings. The van der Waals surface area contributed by atoms with E-state index in [1.54, 1.807) is 48.0 Å². The van der Waals surface area contributed by atoms with Crippen LogP contribution in [0.15, 0.2) is 29.3 Å². The number of aryl methyl sites for hydroxylation is 2. The molecule has 1 N–H and O–H groups in total. The molecule has 3 heterocycles. The van der Waals surface area contributed by atoms with Crippen LogP contribution in [0.5, 0.6) is 0 Å². The number of nitrogens with zero attached hydrogens (tertiary/aromatic N) is 4. The van der Waals surface area contributed by atoms with E-state index in [0.29, 0.717) is 29.2 Å². The number of ether oxygens (including phenoxy) is 1. The third-order valence-electron chi connectivity index (χ3n) is 7.49. The zero-order chi connectivity index (χ0) is 26.0. The number of imidazole rings is 1. The van der Waals surface area contributed by atoms with Crippen molar-refractivity contribution in [1.29, 1.82) is 0 Å². The van der Waals surface area contributed by atoms with E-state index in [0.717, 1.165) is 36.9 Å². The number of aromatic nitrogens is 4. The number of halogens is 1. The molecule has 0 saturated heterocycles. The molecular formula is C27H34FN5O3. The van der Waals surface area contributed by atoms with Gasteiger partial charge in [-0.15, -0.1) is 0 Å². The minimum Gasteiger partial charge on any atom is -0.444 e. The number of aromatic amines is 1. The van der Waals surface area contributed by atoms with Crippen LogP contribution in [0.2, 0.25) is 0 Å². The van der Waals surface area contributed by atoms with E-state index in [1.807, 2.05) is 27.7 Å². The highest BCUT2D eigenvalue weighted by Crippen LogP contribution is 2.50. The van der Waals surface area contributed by atoms with E-state index >= 15 is 0 Å². The first-order chi connectivity index (χ1) is 16.9. The molecule has 1 saturated carbocycles. The number of H-pyrrole nitrogens is 1. The Morgan fingerprint density at radius 3 is 2.39 bits per heavy atom. The van der Waals surface area contributed by atoms with Crippen molar-refractivity contribution < 1.29 is 13.9 Å². The number of hydrogen-bond donors (Lipinski definition) is 1. The van der Waals surface area contributed by atoms with Gasteiger partial charge in [-0.2, -0.15) is 5.10 Å². The summed E-state index contributed by atoms with van der Waals surface area (Å²) < 4.78 is 23.6. The molecule has 1 atom stereocenters. The van der Waals surface area contributed by atoms with Gasteiger partial charge in [-0.3, -0.25) is 4.57 Å². The molecule has 9 heteroatoms. The molecule has 1 amide bonds. The first kappa shape index (κ1) is 24.3. The molecule has 1 spiro atoms. The molecule has 0 unspecified atom stereocenters. The maximum absolute atomic E-state index is 14.5. The normalized spacial score (nSPS) is 19.1. The molecular weight excluding hydrogens is 461 g/mol. The van der Waals surface area contributed by atoms with Crippen LogP contribution in [-0.2, 0) is 10.2 Å². The van der Waals surface area contributed by atoms with Crippen LogP contribution in [0.4, 0.5) is 9.18 Å². The quantitative estimate of drug-likeness (QED) is 0.528. The van der Waals surface area contributed by atoms with Crippen molar-refractivity contribution in [1.82, 2.24) is 24.2 Å². The number of nitrogens with one attached hydrogen (secondary N) is 1. The average Bonchev–Trinajstić information content (AvgIpc) is 3.51. The average molecular weight is 496 g/mol. The summed E-state index contributed by atoms with van der Waals surface area (Å²) >= 11 is 0. The van der Waals surface area contributed by atoms with Gasteiger partial charge in [0.1, 0.15) is 17.2 Å². The molecule has 1 aromatic carbocycles. The van der Waals surface area contributed by atoms with Crippen molar-refractivity contribution >= 4 is 6.09 Å². The fourth-order valence-electron chi connectivity index (χ4n) is 5.83. The standard InChI is InChI=1S/C27H34FN5O3/c1-16-13-19(14-17(2)21(16)28)33-23(31-12-11-29-24(31)34)20-18(3)32(25(35)36-26(4,5)6)15-27(22(20)30-33)9-7-8-10-27/h11-14,18H,7-10,15H2,1-6H3,(H,29,34)/t18-/m0/s1. The Labute approximate surface area is 210 Å². The van der Waals surface area contributed by atoms with E-state index in [1.165, 1.54) is 4.57 Å². The largest absolute Gasteiger partial charge is 0.444 e. The Balaban J connectivity index is 1.78. The summed E-state index contributed by atoms with van der Waals surface area (Å²) in [6, 6.07) is 3.12. The molecule has 1 aliphatic carbocycles. The van der Waals surface area contributed by atoms with E-state index in [4.69, 9.17) is 9.84 Å². The molecule has 3 aromatic rings. The first-order valence-corrected chi connectivity index (χ1v) is 12.6. The molecule has 192 valence electrons. The smallest absolute Gasteiger partial charge is 0.410 e. The summed E-state index contributed by atoms with van der Waals surface area (Å²) in [5, 5.41) is 5.13. The molecule has 0 bridgehead atoms. The lowest BCUT2D eigenvalue weighted by Gasteiger charge is -2.43. The lowest BCUT2D eigenvalue weighted by atomic mass is 9.75. The van der Waals surface area contributed by atoms with Gasteiger partial charge in [0.25, 0.3) is 0 Å². The minimum atomic E-state index is -0.631. The van der Waals surface area contributed by atoms with Gasteiger partial charge >= 0.3 is 11.8 Å². The van der Waals surface area contributed by atoms with Gasteiger partial charge in [0.2, 0.25) is 0 Å². The monoisotopic (exact) mass is 495 g/mol. The van der Waals surface area contributed by atoms with Crippen molar-refractivity contribution in [2.45, 2.75) is 84.3 Å². The Bertz CT molecular complexity index is 1360. The third kappa shape index (κ3) is 3.85. The Kier molecular flexibility index (Phi) is 5.65. The lowest BCUT2D eigenvalue weighted by molar-refractivity contribution is 0.00811. The second-order valence-corrected chi connectivity index (χ2v) is 11.3. The predicted molar refractivity (Wildman–Crippen MR) is 134 cm³/mol. The van der Waals surface area contributed by atoms with E-state index in [9.17, 15) is 14.0 Å². The maximum atomic E-state index is 14.5. The van der Waals surface area contributed by atoms with Gasteiger partial charge < -0.3 is 14.6 Å². The van der Waals surface area contributed by atoms with Crippen LogP contribution < -0.4 is 5.69 Å². The Morgan fingerprint density at radius 2 is 1.83 bits per heavy atom. The molecule has 5 rings (SSSR count). The number of hydrogen-bond acceptors (Lipinski definition) is 4. The molecule has 8 nitrogen and oxygen atoms in total. The van der Waals surface area contributed by atoms with Crippen molar-refractivity contribution in [2.24, 2.45) is 0 Å². The number of rotatable bonds is 2. The highest BCUT2D eigenvalue weighted by molar-refractivity contribution is 5.71. The molecule has 1 aliphatic heterocycles. The second-order valence-electron chi connectivity index (χ2n) is 11.3. The summed E-state index contributed by atoms with van der Waals surface area (Å²) in [6.07, 6.45) is 6.74. The lowest BCUT2D eigenvalue weighted by Crippen LogP contribution is -2.50. The van der Waals surface area contributed by atoms with Crippen molar-refractivity contribution in [3.05, 3.63) is 63.2 Å². The van der Waals surface area contributed by atoms with Crippen LogP contribution in [-0.4, -0.2) is 42.5 Å². The summed E-state index contributed by atoms with van der Waals surface area (Å²) in [4.78, 5) is 30.8. The minimum absolute atomic E-state index is 0.257. The van der Waals surface area contributed by atoms with E-state index in [-0.39, 0.29) is 29.1 Å². The fraction of sp³-hybridized carbons (Fsp3) is 0.519. The molecule has 1 fully saturated rings. The number of amides is 1. The van der Waals surface area contributed by atoms with Crippen LogP contribution in [0.1, 0.15) is 81.8 Å². The second kappa shape index (κ2) is 8.35. The highest BCUT2D eigenvalue weighted by atomic mass is 19.1. The van der Waals surface area contributed by atoms with Crippen LogP contribution in [0, 0.1) is 19.7 Å². The number of carbonyl (C=O) groups excluding carboxylic acids is 1. The Hall–Kier alpha value is -3.36. The van der Waals surface area contributed by atoms with Gasteiger partial charge in [-0.25, -0.2) is 18.7 Å². The number of carbonyl (C=O) groups is 1. The SMILES string of the molecule is Cc1cc(-n2nc3c(c2-n2cc[nH]c2=O)[C@H](C)N(C(=O)OC(C)(C)C)CC32CCCC2)cc(C)c1F. The van der Waals surface area contributed by atoms with Gasteiger partial charge in [-0.05, 0) is 77.6 Å². The van der Waals surface area contributed by atoms with E-state index in [2.05, 4.69) is 4.98 Å². The van der Waals surface area contributed by atoms with Crippen molar-refractivity contribution in [3.8, 4) is 11.5 Å². The summed E-state index contributed by atoms with van der Waals surface area (Å²) in [5.41, 5.74) is 2.15. The zero-order valence-electron chi connectivity index (χ0n) is 21.8. The van der Waals surface area contributed by atoms with Crippen LogP contribution in [0.3, 0.4) is 0 Å². The van der Waals surface area contributed by atoms with Crippen LogP contribution in [0.25, 0.3) is 11.5 Å². The highest BCUT2D eigenvalue weighted by Gasteiger charge is 2.50. The van der Waals surface area contributed by atoms with E-state index < -0.39 is 5.60 Å². The molecule has 2 aromatic heterocycles.